The third kappa shape index (κ3) is 1.54. The maximum absolute atomic E-state index is 5.79. The summed E-state index contributed by atoms with van der Waals surface area (Å²) in [6.45, 7) is 6.65. The van der Waals surface area contributed by atoms with Crippen LogP contribution in [0.15, 0.2) is 34.7 Å². The van der Waals surface area contributed by atoms with Crippen molar-refractivity contribution in [2.45, 2.75) is 26.7 Å². The summed E-state index contributed by atoms with van der Waals surface area (Å²) in [5.41, 5.74) is 0.995. The van der Waals surface area contributed by atoms with Crippen LogP contribution in [0.25, 0.3) is 11.0 Å². The van der Waals surface area contributed by atoms with E-state index in [-0.39, 0.29) is 0 Å². The van der Waals surface area contributed by atoms with E-state index in [0.717, 1.165) is 11.3 Å². The first kappa shape index (κ1) is 9.32. The van der Waals surface area contributed by atoms with Crippen molar-refractivity contribution in [3.63, 3.8) is 0 Å². The summed E-state index contributed by atoms with van der Waals surface area (Å²) >= 11 is 0. The van der Waals surface area contributed by atoms with Gasteiger partial charge in [-0.1, -0.05) is 39.0 Å². The number of furan rings is 1. The molecule has 1 heteroatoms. The molecule has 0 bridgehead atoms. The fourth-order valence-corrected chi connectivity index (χ4v) is 1.56. The van der Waals surface area contributed by atoms with E-state index < -0.39 is 0 Å². The molecule has 0 radical (unpaired) electrons. The summed E-state index contributed by atoms with van der Waals surface area (Å²) < 4.78 is 5.79. The van der Waals surface area contributed by atoms with E-state index in [4.69, 9.17) is 4.42 Å². The third-order valence-electron chi connectivity index (χ3n) is 2.89. The molecule has 0 spiro atoms. The summed E-state index contributed by atoms with van der Waals surface area (Å²) in [5, 5.41) is 1.20. The predicted molar refractivity (Wildman–Crippen MR) is 59.5 cm³/mol. The van der Waals surface area contributed by atoms with Gasteiger partial charge < -0.3 is 4.42 Å². The molecule has 2 aromatic rings. The van der Waals surface area contributed by atoms with Gasteiger partial charge in [-0.15, -0.1) is 0 Å². The zero-order chi connectivity index (χ0) is 10.1. The van der Waals surface area contributed by atoms with Crippen molar-refractivity contribution in [3.05, 3.63) is 36.1 Å². The standard InChI is InChI=1S/C13H16O/c1-9(2)10(3)13-8-11-6-4-5-7-12(11)14-13/h4-10H,1-3H3. The Kier molecular flexibility index (Phi) is 2.32. The SMILES string of the molecule is CC(C)C(C)c1cc2ccccc2o1. The molecule has 0 aliphatic carbocycles. The molecule has 1 unspecified atom stereocenters. The van der Waals surface area contributed by atoms with Crippen LogP contribution in [0.3, 0.4) is 0 Å². The predicted octanol–water partition coefficient (Wildman–Crippen LogP) is 4.19. The fraction of sp³-hybridized carbons (Fsp3) is 0.385. The van der Waals surface area contributed by atoms with E-state index in [9.17, 15) is 0 Å². The Morgan fingerprint density at radius 3 is 2.43 bits per heavy atom. The molecule has 1 aromatic carbocycles. The lowest BCUT2D eigenvalue weighted by atomic mass is 9.95. The quantitative estimate of drug-likeness (QED) is 0.688. The van der Waals surface area contributed by atoms with Crippen LogP contribution in [0.1, 0.15) is 32.4 Å². The van der Waals surface area contributed by atoms with E-state index in [1.807, 2.05) is 18.2 Å². The van der Waals surface area contributed by atoms with Crippen LogP contribution in [0.4, 0.5) is 0 Å². The zero-order valence-electron chi connectivity index (χ0n) is 8.95. The summed E-state index contributed by atoms with van der Waals surface area (Å²) in [6, 6.07) is 10.3. The molecule has 1 nitrogen and oxygen atoms in total. The lowest BCUT2D eigenvalue weighted by Gasteiger charge is -2.11. The highest BCUT2D eigenvalue weighted by molar-refractivity contribution is 5.77. The van der Waals surface area contributed by atoms with Crippen LogP contribution >= 0.6 is 0 Å². The molecule has 2 rings (SSSR count). The minimum atomic E-state index is 0.488. The van der Waals surface area contributed by atoms with Crippen LogP contribution in [0.2, 0.25) is 0 Å². The van der Waals surface area contributed by atoms with E-state index >= 15 is 0 Å². The fourth-order valence-electron chi connectivity index (χ4n) is 1.56. The van der Waals surface area contributed by atoms with Gasteiger partial charge in [-0.2, -0.15) is 0 Å². The second kappa shape index (κ2) is 3.49. The summed E-state index contributed by atoms with van der Waals surface area (Å²) in [4.78, 5) is 0. The highest BCUT2D eigenvalue weighted by Crippen LogP contribution is 2.29. The highest BCUT2D eigenvalue weighted by Gasteiger charge is 2.14. The average Bonchev–Trinajstić information content (AvgIpc) is 2.59. The monoisotopic (exact) mass is 188 g/mol. The normalized spacial score (nSPS) is 13.7. The molecule has 0 N–H and O–H groups in total. The van der Waals surface area contributed by atoms with E-state index in [1.165, 1.54) is 5.39 Å². The minimum absolute atomic E-state index is 0.488. The minimum Gasteiger partial charge on any atom is -0.461 e. The molecule has 0 fully saturated rings. The number of hydrogen-bond acceptors (Lipinski definition) is 1. The average molecular weight is 188 g/mol. The Balaban J connectivity index is 2.45. The highest BCUT2D eigenvalue weighted by atomic mass is 16.3. The number of fused-ring (bicyclic) bond motifs is 1. The molecule has 1 heterocycles. The molecule has 1 atom stereocenters. The largest absolute Gasteiger partial charge is 0.461 e. The number of hydrogen-bond donors (Lipinski definition) is 0. The second-order valence-corrected chi connectivity index (χ2v) is 4.22. The van der Waals surface area contributed by atoms with Crippen molar-refractivity contribution < 1.29 is 4.42 Å². The molecule has 0 amide bonds. The maximum atomic E-state index is 5.79. The molecule has 0 saturated heterocycles. The van der Waals surface area contributed by atoms with E-state index in [2.05, 4.69) is 32.9 Å². The van der Waals surface area contributed by atoms with Gasteiger partial charge in [0.1, 0.15) is 11.3 Å². The molecule has 74 valence electrons. The first-order chi connectivity index (χ1) is 6.68. The van der Waals surface area contributed by atoms with Gasteiger partial charge in [-0.05, 0) is 18.1 Å². The van der Waals surface area contributed by atoms with Gasteiger partial charge in [-0.25, -0.2) is 0 Å². The zero-order valence-corrected chi connectivity index (χ0v) is 8.95. The first-order valence-corrected chi connectivity index (χ1v) is 5.17. The molecular weight excluding hydrogens is 172 g/mol. The number of para-hydroxylation sites is 1. The van der Waals surface area contributed by atoms with Gasteiger partial charge in [0.2, 0.25) is 0 Å². The second-order valence-electron chi connectivity index (χ2n) is 4.22. The van der Waals surface area contributed by atoms with Crippen LogP contribution in [0, 0.1) is 5.92 Å². The van der Waals surface area contributed by atoms with Crippen molar-refractivity contribution >= 4 is 11.0 Å². The van der Waals surface area contributed by atoms with Crippen molar-refractivity contribution in [1.29, 1.82) is 0 Å². The molecule has 0 saturated carbocycles. The van der Waals surface area contributed by atoms with Crippen LogP contribution in [-0.4, -0.2) is 0 Å². The van der Waals surface area contributed by atoms with Gasteiger partial charge in [0.05, 0.1) is 0 Å². The Labute approximate surface area is 84.7 Å². The molecule has 14 heavy (non-hydrogen) atoms. The maximum Gasteiger partial charge on any atom is 0.134 e. The molecule has 0 aliphatic rings. The Hall–Kier alpha value is -1.24. The molecular formula is C13H16O. The Morgan fingerprint density at radius 2 is 1.79 bits per heavy atom. The van der Waals surface area contributed by atoms with Crippen molar-refractivity contribution in [1.82, 2.24) is 0 Å². The molecule has 1 aromatic heterocycles. The summed E-state index contributed by atoms with van der Waals surface area (Å²) in [5.74, 6) is 2.21. The lowest BCUT2D eigenvalue weighted by Crippen LogP contribution is -1.99. The van der Waals surface area contributed by atoms with Gasteiger partial charge in [-0.3, -0.25) is 0 Å². The van der Waals surface area contributed by atoms with Crippen LogP contribution in [0.5, 0.6) is 0 Å². The van der Waals surface area contributed by atoms with Gasteiger partial charge >= 0.3 is 0 Å². The topological polar surface area (TPSA) is 13.1 Å². The first-order valence-electron chi connectivity index (χ1n) is 5.17. The van der Waals surface area contributed by atoms with Gasteiger partial charge in [0.15, 0.2) is 0 Å². The van der Waals surface area contributed by atoms with Crippen molar-refractivity contribution in [3.8, 4) is 0 Å². The smallest absolute Gasteiger partial charge is 0.134 e. The van der Waals surface area contributed by atoms with E-state index in [0.29, 0.717) is 11.8 Å². The Bertz CT molecular complexity index is 392. The van der Waals surface area contributed by atoms with Crippen LogP contribution in [-0.2, 0) is 0 Å². The Morgan fingerprint density at radius 1 is 1.07 bits per heavy atom. The third-order valence-corrected chi connectivity index (χ3v) is 2.89. The van der Waals surface area contributed by atoms with E-state index in [1.54, 1.807) is 0 Å². The number of rotatable bonds is 2. The molecule has 0 aliphatic heterocycles. The van der Waals surface area contributed by atoms with Crippen molar-refractivity contribution in [2.24, 2.45) is 5.92 Å². The lowest BCUT2D eigenvalue weighted by molar-refractivity contribution is 0.432. The summed E-state index contributed by atoms with van der Waals surface area (Å²) in [7, 11) is 0. The van der Waals surface area contributed by atoms with Crippen molar-refractivity contribution in [2.75, 3.05) is 0 Å². The van der Waals surface area contributed by atoms with Gasteiger partial charge in [0.25, 0.3) is 0 Å². The van der Waals surface area contributed by atoms with Crippen LogP contribution < -0.4 is 0 Å². The van der Waals surface area contributed by atoms with Gasteiger partial charge in [0, 0.05) is 11.3 Å². The number of benzene rings is 1. The summed E-state index contributed by atoms with van der Waals surface area (Å²) in [6.07, 6.45) is 0.